The van der Waals surface area contributed by atoms with Crippen LogP contribution >= 0.6 is 0 Å². The Balaban J connectivity index is 1.67. The molecule has 158 valence electrons. The molecule has 0 spiro atoms. The summed E-state index contributed by atoms with van der Waals surface area (Å²) < 4.78 is 11.2. The molecule has 2 heterocycles. The van der Waals surface area contributed by atoms with Gasteiger partial charge in [-0.3, -0.25) is 0 Å². The molecule has 1 aliphatic rings. The van der Waals surface area contributed by atoms with E-state index in [1.807, 2.05) is 49.4 Å². The number of hydrogen-bond donors (Lipinski definition) is 4. The Kier molecular flexibility index (Phi) is 5.62. The quantitative estimate of drug-likeness (QED) is 0.486. The van der Waals surface area contributed by atoms with Crippen molar-refractivity contribution < 1.29 is 24.5 Å². The van der Waals surface area contributed by atoms with Gasteiger partial charge in [-0.15, -0.1) is 0 Å². The van der Waals surface area contributed by atoms with Gasteiger partial charge in [0.15, 0.2) is 0 Å². The molecular formula is C23H25NO6. The summed E-state index contributed by atoms with van der Waals surface area (Å²) in [5, 5.41) is 33.9. The van der Waals surface area contributed by atoms with E-state index in [2.05, 4.69) is 5.32 Å². The van der Waals surface area contributed by atoms with Crippen molar-refractivity contribution >= 4 is 16.7 Å². The second-order valence-electron chi connectivity index (χ2n) is 7.68. The van der Waals surface area contributed by atoms with Crippen LogP contribution in [0.25, 0.3) is 22.1 Å². The lowest BCUT2D eigenvalue weighted by molar-refractivity contribution is -0.180. The second kappa shape index (κ2) is 8.20. The molecule has 1 fully saturated rings. The Morgan fingerprint density at radius 1 is 1.07 bits per heavy atom. The summed E-state index contributed by atoms with van der Waals surface area (Å²) in [5.74, 6) is 0. The number of ether oxygens (including phenoxy) is 1. The van der Waals surface area contributed by atoms with Gasteiger partial charge in [-0.1, -0.05) is 30.3 Å². The van der Waals surface area contributed by atoms with Crippen molar-refractivity contribution in [2.24, 2.45) is 0 Å². The van der Waals surface area contributed by atoms with E-state index in [9.17, 15) is 20.1 Å². The van der Waals surface area contributed by atoms with Crippen molar-refractivity contribution in [2.45, 2.75) is 44.3 Å². The minimum Gasteiger partial charge on any atom is -0.422 e. The van der Waals surface area contributed by atoms with Crippen LogP contribution in [0.2, 0.25) is 0 Å². The topological polar surface area (TPSA) is 112 Å². The van der Waals surface area contributed by atoms with Crippen LogP contribution in [0.1, 0.15) is 12.5 Å². The van der Waals surface area contributed by atoms with Crippen molar-refractivity contribution in [2.75, 3.05) is 11.9 Å². The average Bonchev–Trinajstić information content (AvgIpc) is 2.74. The fraction of sp³-hybridized carbons (Fsp3) is 0.348. The van der Waals surface area contributed by atoms with Crippen molar-refractivity contribution in [3.05, 3.63) is 64.5 Å². The molecule has 0 radical (unpaired) electrons. The van der Waals surface area contributed by atoms with Crippen LogP contribution in [-0.2, 0) is 4.74 Å². The van der Waals surface area contributed by atoms with E-state index in [-0.39, 0.29) is 6.61 Å². The van der Waals surface area contributed by atoms with Gasteiger partial charge in [0.1, 0.15) is 23.9 Å². The predicted octanol–water partition coefficient (Wildman–Crippen LogP) is 2.05. The lowest BCUT2D eigenvalue weighted by atomic mass is 9.93. The summed E-state index contributed by atoms with van der Waals surface area (Å²) >= 11 is 0. The summed E-state index contributed by atoms with van der Waals surface area (Å²) in [6.07, 6.45) is -3.62. The lowest BCUT2D eigenvalue weighted by Crippen LogP contribution is -2.60. The molecule has 0 saturated carbocycles. The van der Waals surface area contributed by atoms with Crippen molar-refractivity contribution in [3.8, 4) is 11.1 Å². The molecule has 4 N–H and O–H groups in total. The molecule has 5 atom stereocenters. The summed E-state index contributed by atoms with van der Waals surface area (Å²) in [6, 6.07) is 14.2. The second-order valence-corrected chi connectivity index (χ2v) is 7.68. The Bertz CT molecular complexity index is 1100. The van der Waals surface area contributed by atoms with Crippen LogP contribution < -0.4 is 10.9 Å². The van der Waals surface area contributed by atoms with E-state index in [0.717, 1.165) is 16.5 Å². The normalized spacial score (nSPS) is 26.6. The van der Waals surface area contributed by atoms with Gasteiger partial charge < -0.3 is 29.8 Å². The van der Waals surface area contributed by atoms with E-state index >= 15 is 0 Å². The van der Waals surface area contributed by atoms with Crippen molar-refractivity contribution in [1.29, 1.82) is 0 Å². The molecule has 5 unspecified atom stereocenters. The SMILES string of the molecule is Cc1c(-c2ccccc2)c(=O)oc2cc(NC3C(C)OC(CO)C(O)C3O)ccc12. The number of anilines is 1. The average molecular weight is 411 g/mol. The minimum absolute atomic E-state index is 0.376. The Morgan fingerprint density at radius 3 is 2.50 bits per heavy atom. The summed E-state index contributed by atoms with van der Waals surface area (Å²) in [4.78, 5) is 12.7. The zero-order valence-corrected chi connectivity index (χ0v) is 16.8. The van der Waals surface area contributed by atoms with Gasteiger partial charge in [-0.2, -0.15) is 0 Å². The smallest absolute Gasteiger partial charge is 0.344 e. The first-order chi connectivity index (χ1) is 14.4. The zero-order valence-electron chi connectivity index (χ0n) is 16.8. The van der Waals surface area contributed by atoms with Crippen LogP contribution in [0.4, 0.5) is 5.69 Å². The van der Waals surface area contributed by atoms with Gasteiger partial charge in [0.05, 0.1) is 24.3 Å². The van der Waals surface area contributed by atoms with Gasteiger partial charge in [0, 0.05) is 17.1 Å². The molecule has 1 saturated heterocycles. The molecule has 2 aromatic carbocycles. The van der Waals surface area contributed by atoms with E-state index in [1.54, 1.807) is 13.0 Å². The molecule has 30 heavy (non-hydrogen) atoms. The maximum atomic E-state index is 12.7. The monoisotopic (exact) mass is 411 g/mol. The number of aryl methyl sites for hydroxylation is 1. The van der Waals surface area contributed by atoms with E-state index in [1.165, 1.54) is 0 Å². The van der Waals surface area contributed by atoms with Gasteiger partial charge >= 0.3 is 5.63 Å². The molecular weight excluding hydrogens is 386 g/mol. The fourth-order valence-electron chi connectivity index (χ4n) is 4.08. The van der Waals surface area contributed by atoms with E-state index < -0.39 is 36.1 Å². The Labute approximate surface area is 173 Å². The fourth-order valence-corrected chi connectivity index (χ4v) is 4.08. The molecule has 4 rings (SSSR count). The van der Waals surface area contributed by atoms with E-state index in [0.29, 0.717) is 16.8 Å². The van der Waals surface area contributed by atoms with Crippen LogP contribution in [0.3, 0.4) is 0 Å². The third kappa shape index (κ3) is 3.61. The summed E-state index contributed by atoms with van der Waals surface area (Å²) in [5.41, 5.74) is 2.79. The maximum absolute atomic E-state index is 12.7. The minimum atomic E-state index is -1.21. The molecule has 3 aromatic rings. The largest absolute Gasteiger partial charge is 0.422 e. The van der Waals surface area contributed by atoms with Crippen LogP contribution in [0.5, 0.6) is 0 Å². The summed E-state index contributed by atoms with van der Waals surface area (Å²) in [7, 11) is 0. The van der Waals surface area contributed by atoms with Crippen LogP contribution in [0.15, 0.2) is 57.7 Å². The number of aliphatic hydroxyl groups excluding tert-OH is 3. The number of fused-ring (bicyclic) bond motifs is 1. The molecule has 0 amide bonds. The molecule has 0 aliphatic carbocycles. The number of benzene rings is 2. The highest BCUT2D eigenvalue weighted by atomic mass is 16.5. The highest BCUT2D eigenvalue weighted by Gasteiger charge is 2.42. The third-order valence-corrected chi connectivity index (χ3v) is 5.74. The van der Waals surface area contributed by atoms with Gasteiger partial charge in [-0.25, -0.2) is 4.79 Å². The lowest BCUT2D eigenvalue weighted by Gasteiger charge is -2.41. The van der Waals surface area contributed by atoms with Crippen molar-refractivity contribution in [3.63, 3.8) is 0 Å². The molecule has 7 nitrogen and oxygen atoms in total. The Hall–Kier alpha value is -2.71. The van der Waals surface area contributed by atoms with Gasteiger partial charge in [0.25, 0.3) is 0 Å². The van der Waals surface area contributed by atoms with Crippen molar-refractivity contribution in [1.82, 2.24) is 0 Å². The number of aliphatic hydroxyl groups is 3. The first-order valence-electron chi connectivity index (χ1n) is 9.92. The number of hydrogen-bond acceptors (Lipinski definition) is 7. The van der Waals surface area contributed by atoms with Gasteiger partial charge in [-0.05, 0) is 37.1 Å². The first kappa shape index (κ1) is 20.6. The molecule has 1 aromatic heterocycles. The molecule has 7 heteroatoms. The highest BCUT2D eigenvalue weighted by Crippen LogP contribution is 2.30. The molecule has 1 aliphatic heterocycles. The van der Waals surface area contributed by atoms with Crippen LogP contribution in [0, 0.1) is 6.92 Å². The first-order valence-corrected chi connectivity index (χ1v) is 9.92. The summed E-state index contributed by atoms with van der Waals surface area (Å²) in [6.45, 7) is 3.27. The van der Waals surface area contributed by atoms with E-state index in [4.69, 9.17) is 9.15 Å². The maximum Gasteiger partial charge on any atom is 0.344 e. The van der Waals surface area contributed by atoms with Gasteiger partial charge in [0.2, 0.25) is 0 Å². The standard InChI is InChI=1S/C23H25NO6/c1-12-16-9-8-15(24-20-13(2)29-18(11-25)21(26)22(20)27)10-17(16)30-23(28)19(12)14-6-4-3-5-7-14/h3-10,13,18,20-22,24-27H,11H2,1-2H3. The van der Waals surface area contributed by atoms with Crippen LogP contribution in [-0.4, -0.2) is 52.4 Å². The molecule has 0 bridgehead atoms. The number of nitrogens with one attached hydrogen (secondary N) is 1. The highest BCUT2D eigenvalue weighted by molar-refractivity contribution is 5.88. The number of rotatable bonds is 4. The zero-order chi connectivity index (χ0) is 21.4. The predicted molar refractivity (Wildman–Crippen MR) is 114 cm³/mol. The Morgan fingerprint density at radius 2 is 1.80 bits per heavy atom. The third-order valence-electron chi connectivity index (χ3n) is 5.74.